The molecule has 92 valence electrons. The molecule has 2 aliphatic rings. The van der Waals surface area contributed by atoms with Gasteiger partial charge < -0.3 is 15.8 Å². The van der Waals surface area contributed by atoms with Gasteiger partial charge in [0.05, 0.1) is 18.6 Å². The Balaban J connectivity index is 1.85. The van der Waals surface area contributed by atoms with Crippen molar-refractivity contribution in [1.82, 2.24) is 5.32 Å². The molecule has 0 aromatic rings. The molecule has 1 heterocycles. The minimum atomic E-state index is -0.528. The summed E-state index contributed by atoms with van der Waals surface area (Å²) >= 11 is 0. The Morgan fingerprint density at radius 1 is 1.62 bits per heavy atom. The molecule has 0 aromatic heterocycles. The van der Waals surface area contributed by atoms with Crippen molar-refractivity contribution >= 4 is 5.91 Å². The fraction of sp³-hybridized carbons (Fsp3) is 0.917. The van der Waals surface area contributed by atoms with Crippen LogP contribution < -0.4 is 11.1 Å². The number of carbonyl (C=O) groups is 1. The van der Waals surface area contributed by atoms with Crippen molar-refractivity contribution in [2.24, 2.45) is 17.1 Å². The molecule has 0 spiro atoms. The van der Waals surface area contributed by atoms with Gasteiger partial charge in [-0.2, -0.15) is 0 Å². The zero-order chi connectivity index (χ0) is 11.8. The van der Waals surface area contributed by atoms with Crippen molar-refractivity contribution in [2.75, 3.05) is 13.2 Å². The maximum atomic E-state index is 12.1. The summed E-state index contributed by atoms with van der Waals surface area (Å²) in [5, 5.41) is 3.10. The molecule has 1 amide bonds. The topological polar surface area (TPSA) is 64.3 Å². The van der Waals surface area contributed by atoms with Crippen molar-refractivity contribution in [3.05, 3.63) is 0 Å². The summed E-state index contributed by atoms with van der Waals surface area (Å²) in [6, 6.07) is 0.216. The molecule has 0 bridgehead atoms. The Morgan fingerprint density at radius 3 is 2.94 bits per heavy atom. The highest BCUT2D eigenvalue weighted by Crippen LogP contribution is 2.36. The molecular weight excluding hydrogens is 204 g/mol. The Kier molecular flexibility index (Phi) is 3.22. The van der Waals surface area contributed by atoms with Gasteiger partial charge in [-0.15, -0.1) is 0 Å². The Bertz CT molecular complexity index is 282. The molecule has 2 fully saturated rings. The van der Waals surface area contributed by atoms with E-state index < -0.39 is 5.41 Å². The number of amides is 1. The van der Waals surface area contributed by atoms with E-state index in [1.165, 1.54) is 12.8 Å². The van der Waals surface area contributed by atoms with Gasteiger partial charge in [0.25, 0.3) is 0 Å². The summed E-state index contributed by atoms with van der Waals surface area (Å²) in [6.07, 6.45) is 3.53. The summed E-state index contributed by atoms with van der Waals surface area (Å²) in [4.78, 5) is 12.1. The van der Waals surface area contributed by atoms with Crippen molar-refractivity contribution < 1.29 is 9.53 Å². The fourth-order valence-corrected chi connectivity index (χ4v) is 2.37. The molecule has 3 N–H and O–H groups in total. The van der Waals surface area contributed by atoms with Crippen LogP contribution in [0.15, 0.2) is 0 Å². The van der Waals surface area contributed by atoms with Crippen LogP contribution in [0.25, 0.3) is 0 Å². The standard InChI is InChI=1S/C12H22N2O2/c1-3-4-8-5-9(8)14-11(15)12(2)7-16-6-10(12)13/h8-10H,3-7,13H2,1-2H3,(H,14,15). The fourth-order valence-electron chi connectivity index (χ4n) is 2.37. The molecule has 1 aliphatic heterocycles. The minimum Gasteiger partial charge on any atom is -0.379 e. The zero-order valence-electron chi connectivity index (χ0n) is 10.2. The van der Waals surface area contributed by atoms with Crippen molar-refractivity contribution in [2.45, 2.75) is 45.2 Å². The van der Waals surface area contributed by atoms with Crippen LogP contribution in [0, 0.1) is 11.3 Å². The highest BCUT2D eigenvalue weighted by molar-refractivity contribution is 5.84. The van der Waals surface area contributed by atoms with E-state index in [-0.39, 0.29) is 11.9 Å². The predicted molar refractivity (Wildman–Crippen MR) is 61.8 cm³/mol. The van der Waals surface area contributed by atoms with E-state index in [9.17, 15) is 4.79 Å². The van der Waals surface area contributed by atoms with E-state index in [1.807, 2.05) is 6.92 Å². The first kappa shape index (κ1) is 11.9. The number of carbonyl (C=O) groups excluding carboxylic acids is 1. The van der Waals surface area contributed by atoms with Crippen molar-refractivity contribution in [3.8, 4) is 0 Å². The average molecular weight is 226 g/mol. The first-order valence-corrected chi connectivity index (χ1v) is 6.22. The van der Waals surface area contributed by atoms with Crippen LogP contribution in [0.3, 0.4) is 0 Å². The summed E-state index contributed by atoms with van der Waals surface area (Å²) in [5.74, 6) is 0.761. The van der Waals surface area contributed by atoms with Gasteiger partial charge in [-0.25, -0.2) is 0 Å². The Hall–Kier alpha value is -0.610. The van der Waals surface area contributed by atoms with E-state index in [0.717, 1.165) is 6.42 Å². The monoisotopic (exact) mass is 226 g/mol. The van der Waals surface area contributed by atoms with Gasteiger partial charge in [-0.05, 0) is 25.7 Å². The average Bonchev–Trinajstić information content (AvgIpc) is 2.86. The molecule has 0 aromatic carbocycles. The van der Waals surface area contributed by atoms with E-state index in [2.05, 4.69) is 12.2 Å². The molecule has 4 unspecified atom stereocenters. The second-order valence-corrected chi connectivity index (χ2v) is 5.40. The molecular formula is C12H22N2O2. The van der Waals surface area contributed by atoms with Gasteiger partial charge in [-0.3, -0.25) is 4.79 Å². The molecule has 4 atom stereocenters. The number of hydrogen-bond donors (Lipinski definition) is 2. The van der Waals surface area contributed by atoms with E-state index >= 15 is 0 Å². The lowest BCUT2D eigenvalue weighted by atomic mass is 9.85. The molecule has 4 heteroatoms. The van der Waals surface area contributed by atoms with Gasteiger partial charge in [-0.1, -0.05) is 13.3 Å². The molecule has 4 nitrogen and oxygen atoms in total. The van der Waals surface area contributed by atoms with Crippen LogP contribution in [-0.2, 0) is 9.53 Å². The van der Waals surface area contributed by atoms with Gasteiger partial charge in [0.2, 0.25) is 5.91 Å². The quantitative estimate of drug-likeness (QED) is 0.740. The third kappa shape index (κ3) is 2.09. The number of nitrogens with one attached hydrogen (secondary N) is 1. The lowest BCUT2D eigenvalue weighted by Crippen LogP contribution is -2.50. The maximum absolute atomic E-state index is 12.1. The van der Waals surface area contributed by atoms with E-state index in [4.69, 9.17) is 10.5 Å². The molecule has 1 saturated carbocycles. The Labute approximate surface area is 96.9 Å². The lowest BCUT2D eigenvalue weighted by molar-refractivity contribution is -0.130. The van der Waals surface area contributed by atoms with E-state index in [0.29, 0.717) is 25.2 Å². The van der Waals surface area contributed by atoms with Crippen LogP contribution in [0.2, 0.25) is 0 Å². The van der Waals surface area contributed by atoms with Crippen molar-refractivity contribution in [1.29, 1.82) is 0 Å². The molecule has 1 saturated heterocycles. The third-order valence-electron chi connectivity index (χ3n) is 3.93. The lowest BCUT2D eigenvalue weighted by Gasteiger charge is -2.25. The van der Waals surface area contributed by atoms with Crippen LogP contribution in [-0.4, -0.2) is 31.2 Å². The maximum Gasteiger partial charge on any atom is 0.230 e. The first-order valence-electron chi connectivity index (χ1n) is 6.22. The first-order chi connectivity index (χ1) is 7.58. The minimum absolute atomic E-state index is 0.0705. The zero-order valence-corrected chi connectivity index (χ0v) is 10.2. The highest BCUT2D eigenvalue weighted by Gasteiger charge is 2.47. The number of nitrogens with two attached hydrogens (primary N) is 1. The summed E-state index contributed by atoms with van der Waals surface area (Å²) in [5.41, 5.74) is 5.39. The van der Waals surface area contributed by atoms with Gasteiger partial charge in [0.1, 0.15) is 0 Å². The molecule has 2 rings (SSSR count). The highest BCUT2D eigenvalue weighted by atomic mass is 16.5. The molecule has 1 aliphatic carbocycles. The smallest absolute Gasteiger partial charge is 0.230 e. The SMILES string of the molecule is CCCC1CC1NC(=O)C1(C)COCC1N. The summed E-state index contributed by atoms with van der Waals surface area (Å²) in [7, 11) is 0. The summed E-state index contributed by atoms with van der Waals surface area (Å²) in [6.45, 7) is 5.02. The molecule has 16 heavy (non-hydrogen) atoms. The number of ether oxygens (including phenoxy) is 1. The largest absolute Gasteiger partial charge is 0.379 e. The van der Waals surface area contributed by atoms with Crippen LogP contribution in [0.4, 0.5) is 0 Å². The second kappa shape index (κ2) is 4.34. The Morgan fingerprint density at radius 2 is 2.38 bits per heavy atom. The second-order valence-electron chi connectivity index (χ2n) is 5.40. The van der Waals surface area contributed by atoms with Gasteiger partial charge >= 0.3 is 0 Å². The third-order valence-corrected chi connectivity index (χ3v) is 3.93. The van der Waals surface area contributed by atoms with Crippen LogP contribution >= 0.6 is 0 Å². The van der Waals surface area contributed by atoms with Gasteiger partial charge in [0.15, 0.2) is 0 Å². The van der Waals surface area contributed by atoms with Gasteiger partial charge in [0, 0.05) is 12.1 Å². The van der Waals surface area contributed by atoms with Crippen LogP contribution in [0.5, 0.6) is 0 Å². The normalized spacial score (nSPS) is 42.1. The van der Waals surface area contributed by atoms with Crippen LogP contribution in [0.1, 0.15) is 33.1 Å². The van der Waals surface area contributed by atoms with Crippen molar-refractivity contribution in [3.63, 3.8) is 0 Å². The summed E-state index contributed by atoms with van der Waals surface area (Å²) < 4.78 is 5.28. The predicted octanol–water partition coefficient (Wildman–Crippen LogP) is 0.655. The number of hydrogen-bond acceptors (Lipinski definition) is 3. The number of rotatable bonds is 4. The van der Waals surface area contributed by atoms with E-state index in [1.54, 1.807) is 0 Å². The molecule has 0 radical (unpaired) electrons.